The first kappa shape index (κ1) is 14.0. The van der Waals surface area contributed by atoms with Crippen molar-refractivity contribution in [2.45, 2.75) is 26.3 Å². The zero-order chi connectivity index (χ0) is 14.9. The molecule has 1 aliphatic heterocycles. The van der Waals surface area contributed by atoms with Gasteiger partial charge in [0.2, 0.25) is 0 Å². The maximum Gasteiger partial charge on any atom is 0.331 e. The second-order valence-corrected chi connectivity index (χ2v) is 4.62. The van der Waals surface area contributed by atoms with Crippen LogP contribution in [0, 0.1) is 0 Å². The van der Waals surface area contributed by atoms with Gasteiger partial charge in [-0.25, -0.2) is 4.79 Å². The minimum atomic E-state index is -1.03. The van der Waals surface area contributed by atoms with Crippen LogP contribution in [-0.4, -0.2) is 33.8 Å². The second-order valence-electron chi connectivity index (χ2n) is 4.62. The van der Waals surface area contributed by atoms with Gasteiger partial charge in [-0.05, 0) is 25.5 Å². The maximum atomic E-state index is 12.2. The average Bonchev–Trinajstić information content (AvgIpc) is 2.68. The zero-order valence-corrected chi connectivity index (χ0v) is 11.3. The molecule has 0 radical (unpaired) electrons. The second kappa shape index (κ2) is 5.28. The number of amides is 2. The molecule has 0 fully saturated rings. The standard InChI is InChI=1S/C15H15NO4/c1-3-10(15(19)20)8-9(2)16-13(17)11-6-4-5-7-12(11)14(16)18/h4-9H,3H2,1-2H3,(H,19,20)/t9-/m1/s1. The Hall–Kier alpha value is -2.43. The van der Waals surface area contributed by atoms with Gasteiger partial charge in [-0.3, -0.25) is 14.5 Å². The number of hydrogen-bond acceptors (Lipinski definition) is 3. The summed E-state index contributed by atoms with van der Waals surface area (Å²) >= 11 is 0. The van der Waals surface area contributed by atoms with Gasteiger partial charge in [-0.15, -0.1) is 0 Å². The molecule has 0 aromatic heterocycles. The fourth-order valence-corrected chi connectivity index (χ4v) is 2.28. The van der Waals surface area contributed by atoms with E-state index < -0.39 is 12.0 Å². The van der Waals surface area contributed by atoms with E-state index in [0.29, 0.717) is 17.5 Å². The molecule has 104 valence electrons. The van der Waals surface area contributed by atoms with E-state index in [4.69, 9.17) is 5.11 Å². The zero-order valence-electron chi connectivity index (χ0n) is 11.3. The van der Waals surface area contributed by atoms with Crippen LogP contribution in [0.15, 0.2) is 35.9 Å². The fourth-order valence-electron chi connectivity index (χ4n) is 2.28. The summed E-state index contributed by atoms with van der Waals surface area (Å²) in [4.78, 5) is 36.5. The molecule has 0 aliphatic carbocycles. The molecule has 0 unspecified atom stereocenters. The Kier molecular flexibility index (Phi) is 3.70. The molecule has 2 rings (SSSR count). The van der Waals surface area contributed by atoms with Crippen molar-refractivity contribution in [3.05, 3.63) is 47.0 Å². The number of hydrogen-bond donors (Lipinski definition) is 1. The van der Waals surface area contributed by atoms with E-state index in [1.165, 1.54) is 6.08 Å². The number of imide groups is 1. The fraction of sp³-hybridized carbons (Fsp3) is 0.267. The number of aliphatic carboxylic acids is 1. The van der Waals surface area contributed by atoms with Crippen molar-refractivity contribution in [3.8, 4) is 0 Å². The molecule has 2 amide bonds. The van der Waals surface area contributed by atoms with E-state index in [0.717, 1.165) is 4.90 Å². The number of benzene rings is 1. The molecule has 1 N–H and O–H groups in total. The van der Waals surface area contributed by atoms with E-state index in [1.54, 1.807) is 38.1 Å². The summed E-state index contributed by atoms with van der Waals surface area (Å²) in [5, 5.41) is 9.01. The number of nitrogens with zero attached hydrogens (tertiary/aromatic N) is 1. The van der Waals surface area contributed by atoms with Crippen molar-refractivity contribution in [1.29, 1.82) is 0 Å². The number of fused-ring (bicyclic) bond motifs is 1. The predicted molar refractivity (Wildman–Crippen MR) is 72.4 cm³/mol. The van der Waals surface area contributed by atoms with Crippen LogP contribution >= 0.6 is 0 Å². The third kappa shape index (κ3) is 2.22. The van der Waals surface area contributed by atoms with Crippen LogP contribution < -0.4 is 0 Å². The first-order valence-electron chi connectivity index (χ1n) is 6.38. The van der Waals surface area contributed by atoms with Crippen LogP contribution in [0.2, 0.25) is 0 Å². The Morgan fingerprint density at radius 2 is 1.75 bits per heavy atom. The molecule has 1 atom stereocenters. The third-order valence-corrected chi connectivity index (χ3v) is 3.33. The largest absolute Gasteiger partial charge is 0.478 e. The molecule has 0 saturated carbocycles. The van der Waals surface area contributed by atoms with Crippen molar-refractivity contribution in [2.24, 2.45) is 0 Å². The lowest BCUT2D eigenvalue weighted by Crippen LogP contribution is -2.37. The third-order valence-electron chi connectivity index (χ3n) is 3.33. The summed E-state index contributed by atoms with van der Waals surface area (Å²) < 4.78 is 0. The lowest BCUT2D eigenvalue weighted by molar-refractivity contribution is -0.132. The summed E-state index contributed by atoms with van der Waals surface area (Å²) in [7, 11) is 0. The Labute approximate surface area is 116 Å². The van der Waals surface area contributed by atoms with Gasteiger partial charge in [0.15, 0.2) is 0 Å². The molecular weight excluding hydrogens is 258 g/mol. The van der Waals surface area contributed by atoms with E-state index >= 15 is 0 Å². The van der Waals surface area contributed by atoms with E-state index in [-0.39, 0.29) is 17.4 Å². The summed E-state index contributed by atoms with van der Waals surface area (Å²) in [6.45, 7) is 3.36. The summed E-state index contributed by atoms with van der Waals surface area (Å²) in [6.07, 6.45) is 1.78. The molecule has 0 spiro atoms. The number of carbonyl (C=O) groups excluding carboxylic acids is 2. The maximum absolute atomic E-state index is 12.2. The Bertz CT molecular complexity index is 583. The lowest BCUT2D eigenvalue weighted by Gasteiger charge is -2.20. The Morgan fingerprint density at radius 1 is 1.25 bits per heavy atom. The molecule has 0 saturated heterocycles. The quantitative estimate of drug-likeness (QED) is 0.673. The highest BCUT2D eigenvalue weighted by Crippen LogP contribution is 2.25. The molecule has 1 aromatic rings. The number of carbonyl (C=O) groups is 3. The summed E-state index contributed by atoms with van der Waals surface area (Å²) in [5.74, 6) is -1.79. The summed E-state index contributed by atoms with van der Waals surface area (Å²) in [6, 6.07) is 6.01. The van der Waals surface area contributed by atoms with Crippen LogP contribution in [0.25, 0.3) is 0 Å². The van der Waals surface area contributed by atoms with Crippen LogP contribution in [0.1, 0.15) is 41.0 Å². The van der Waals surface area contributed by atoms with Gasteiger partial charge in [0.25, 0.3) is 11.8 Å². The van der Waals surface area contributed by atoms with Crippen LogP contribution in [-0.2, 0) is 4.79 Å². The summed E-state index contributed by atoms with van der Waals surface area (Å²) in [5.41, 5.74) is 0.923. The Morgan fingerprint density at radius 3 is 2.15 bits per heavy atom. The van der Waals surface area contributed by atoms with Gasteiger partial charge in [0.05, 0.1) is 17.2 Å². The van der Waals surface area contributed by atoms with E-state index in [1.807, 2.05) is 0 Å². The monoisotopic (exact) mass is 273 g/mol. The van der Waals surface area contributed by atoms with Gasteiger partial charge in [-0.1, -0.05) is 25.1 Å². The molecule has 5 heteroatoms. The predicted octanol–water partition coefficient (Wildman–Crippen LogP) is 2.09. The average molecular weight is 273 g/mol. The number of carboxylic acids is 1. The SMILES string of the molecule is CCC(=C[C@@H](C)N1C(=O)c2ccccc2C1=O)C(=O)O. The van der Waals surface area contributed by atoms with Crippen molar-refractivity contribution >= 4 is 17.8 Å². The minimum Gasteiger partial charge on any atom is -0.478 e. The molecule has 0 bridgehead atoms. The van der Waals surface area contributed by atoms with Crippen LogP contribution in [0.4, 0.5) is 0 Å². The highest BCUT2D eigenvalue weighted by molar-refractivity contribution is 6.21. The van der Waals surface area contributed by atoms with Crippen LogP contribution in [0.3, 0.4) is 0 Å². The van der Waals surface area contributed by atoms with Crippen molar-refractivity contribution in [1.82, 2.24) is 4.90 Å². The first-order valence-corrected chi connectivity index (χ1v) is 6.38. The topological polar surface area (TPSA) is 74.7 Å². The van der Waals surface area contributed by atoms with Gasteiger partial charge in [-0.2, -0.15) is 0 Å². The normalized spacial score (nSPS) is 16.3. The highest BCUT2D eigenvalue weighted by Gasteiger charge is 2.37. The van der Waals surface area contributed by atoms with Gasteiger partial charge >= 0.3 is 5.97 Å². The molecule has 1 aliphatic rings. The first-order chi connectivity index (χ1) is 9.47. The molecule has 20 heavy (non-hydrogen) atoms. The van der Waals surface area contributed by atoms with E-state index in [2.05, 4.69) is 0 Å². The Balaban J connectivity index is 2.34. The molecular formula is C15H15NO4. The minimum absolute atomic E-state index is 0.189. The lowest BCUT2D eigenvalue weighted by atomic mass is 10.1. The number of carboxylic acid groups (broad SMARTS) is 1. The molecule has 1 aromatic carbocycles. The van der Waals surface area contributed by atoms with E-state index in [9.17, 15) is 14.4 Å². The smallest absolute Gasteiger partial charge is 0.331 e. The van der Waals surface area contributed by atoms with Crippen LogP contribution in [0.5, 0.6) is 0 Å². The van der Waals surface area contributed by atoms with Crippen molar-refractivity contribution in [2.75, 3.05) is 0 Å². The van der Waals surface area contributed by atoms with Crippen molar-refractivity contribution < 1.29 is 19.5 Å². The molecule has 1 heterocycles. The van der Waals surface area contributed by atoms with Gasteiger partial charge in [0, 0.05) is 5.57 Å². The molecule has 5 nitrogen and oxygen atoms in total. The highest BCUT2D eigenvalue weighted by atomic mass is 16.4. The van der Waals surface area contributed by atoms with Gasteiger partial charge < -0.3 is 5.11 Å². The van der Waals surface area contributed by atoms with Gasteiger partial charge in [0.1, 0.15) is 0 Å². The van der Waals surface area contributed by atoms with Crippen molar-refractivity contribution in [3.63, 3.8) is 0 Å². The number of rotatable bonds is 4.